The summed E-state index contributed by atoms with van der Waals surface area (Å²) in [6.07, 6.45) is 78.2. The van der Waals surface area contributed by atoms with Crippen molar-refractivity contribution in [3.05, 3.63) is 24.3 Å². The third-order valence-corrected chi connectivity index (χ3v) is 15.5. The molecule has 1 atom stereocenters. The van der Waals surface area contributed by atoms with E-state index in [-0.39, 0.29) is 31.1 Å². The Labute approximate surface area is 468 Å². The van der Waals surface area contributed by atoms with Crippen LogP contribution in [0.15, 0.2) is 24.3 Å². The molecule has 0 aliphatic rings. The molecule has 0 aromatic carbocycles. The number of ether oxygens (including phenoxy) is 3. The zero-order valence-corrected chi connectivity index (χ0v) is 50.8. The van der Waals surface area contributed by atoms with Gasteiger partial charge in [-0.3, -0.25) is 14.4 Å². The van der Waals surface area contributed by atoms with Gasteiger partial charge in [0.1, 0.15) is 13.2 Å². The predicted octanol–water partition coefficient (Wildman–Crippen LogP) is 23.0. The molecule has 75 heavy (non-hydrogen) atoms. The lowest BCUT2D eigenvalue weighted by Crippen LogP contribution is -2.30. The Balaban J connectivity index is 3.94. The topological polar surface area (TPSA) is 78.9 Å². The van der Waals surface area contributed by atoms with Crippen molar-refractivity contribution < 1.29 is 28.6 Å². The first-order valence-corrected chi connectivity index (χ1v) is 33.8. The van der Waals surface area contributed by atoms with Gasteiger partial charge in [-0.1, -0.05) is 334 Å². The van der Waals surface area contributed by atoms with Gasteiger partial charge in [0.05, 0.1) is 0 Å². The number of carbonyl (C=O) groups is 3. The van der Waals surface area contributed by atoms with E-state index in [1.165, 1.54) is 263 Å². The van der Waals surface area contributed by atoms with Gasteiger partial charge in [0.15, 0.2) is 6.10 Å². The molecule has 0 fully saturated rings. The van der Waals surface area contributed by atoms with Gasteiger partial charge in [-0.25, -0.2) is 0 Å². The Bertz CT molecular complexity index is 1210. The van der Waals surface area contributed by atoms with Crippen molar-refractivity contribution in [3.8, 4) is 0 Å². The zero-order valence-electron chi connectivity index (χ0n) is 50.8. The molecule has 0 radical (unpaired) electrons. The minimum atomic E-state index is -0.773. The van der Waals surface area contributed by atoms with Crippen molar-refractivity contribution in [1.82, 2.24) is 0 Å². The van der Waals surface area contributed by atoms with Crippen molar-refractivity contribution in [2.24, 2.45) is 0 Å². The number of carbonyl (C=O) groups excluding carboxylic acids is 3. The quantitative estimate of drug-likeness (QED) is 0.0261. The van der Waals surface area contributed by atoms with Gasteiger partial charge in [-0.05, 0) is 51.4 Å². The van der Waals surface area contributed by atoms with Crippen molar-refractivity contribution in [2.45, 2.75) is 386 Å². The van der Waals surface area contributed by atoms with E-state index in [4.69, 9.17) is 14.2 Å². The molecular formula is C69H130O6. The Hall–Kier alpha value is -2.11. The largest absolute Gasteiger partial charge is 0.462 e. The maximum atomic E-state index is 12.8. The van der Waals surface area contributed by atoms with Crippen LogP contribution in [0, 0.1) is 0 Å². The molecule has 0 saturated heterocycles. The average Bonchev–Trinajstić information content (AvgIpc) is 3.41. The van der Waals surface area contributed by atoms with Crippen LogP contribution < -0.4 is 0 Å². The van der Waals surface area contributed by atoms with Gasteiger partial charge in [0.2, 0.25) is 0 Å². The molecule has 6 heteroatoms. The second-order valence-electron chi connectivity index (χ2n) is 23.1. The van der Waals surface area contributed by atoms with Crippen LogP contribution in [-0.4, -0.2) is 37.2 Å². The first-order valence-electron chi connectivity index (χ1n) is 33.8. The summed E-state index contributed by atoms with van der Waals surface area (Å²) < 4.78 is 16.8. The summed E-state index contributed by atoms with van der Waals surface area (Å²) in [5.74, 6) is -0.868. The number of hydrogen-bond acceptors (Lipinski definition) is 6. The van der Waals surface area contributed by atoms with E-state index in [9.17, 15) is 14.4 Å². The van der Waals surface area contributed by atoms with Crippen LogP contribution in [0.25, 0.3) is 0 Å². The first-order chi connectivity index (χ1) is 37.0. The standard InChI is InChI=1S/C69H130O6/c1-4-7-10-13-16-19-21-23-25-26-27-28-29-30-31-32-33-34-35-36-37-38-39-40-41-42-43-45-46-48-50-53-56-59-62-68(71)74-65-66(64-73-67(70)61-58-55-52-18-15-12-9-6-3)75-69(72)63-60-57-54-51-49-47-44-24-22-20-17-14-11-8-5-2/h17,20,24,44,66H,4-16,18-19,21-23,25-43,45-65H2,1-3H3/b20-17-,44-24-. The number of allylic oxidation sites excluding steroid dienone is 4. The van der Waals surface area contributed by atoms with Gasteiger partial charge in [-0.15, -0.1) is 0 Å². The molecule has 0 heterocycles. The number of rotatable bonds is 63. The molecule has 0 bridgehead atoms. The molecule has 442 valence electrons. The van der Waals surface area contributed by atoms with Crippen LogP contribution in [-0.2, 0) is 28.6 Å². The molecule has 1 unspecified atom stereocenters. The summed E-state index contributed by atoms with van der Waals surface area (Å²) in [6.45, 7) is 6.63. The zero-order chi connectivity index (χ0) is 54.3. The average molecular weight is 1060 g/mol. The highest BCUT2D eigenvalue weighted by Crippen LogP contribution is 2.19. The van der Waals surface area contributed by atoms with Gasteiger partial charge in [-0.2, -0.15) is 0 Å². The van der Waals surface area contributed by atoms with E-state index >= 15 is 0 Å². The second-order valence-corrected chi connectivity index (χ2v) is 23.1. The molecule has 0 aliphatic heterocycles. The third-order valence-electron chi connectivity index (χ3n) is 15.5. The minimum absolute atomic E-state index is 0.0720. The Morgan fingerprint density at radius 1 is 0.267 bits per heavy atom. The summed E-state index contributed by atoms with van der Waals surface area (Å²) in [5.41, 5.74) is 0. The number of esters is 3. The fourth-order valence-electron chi connectivity index (χ4n) is 10.4. The van der Waals surface area contributed by atoms with E-state index in [1.54, 1.807) is 0 Å². The van der Waals surface area contributed by atoms with E-state index in [0.717, 1.165) is 77.0 Å². The summed E-state index contributed by atoms with van der Waals surface area (Å²) >= 11 is 0. The Morgan fingerprint density at radius 3 is 0.760 bits per heavy atom. The third kappa shape index (κ3) is 62.6. The Morgan fingerprint density at radius 2 is 0.480 bits per heavy atom. The number of hydrogen-bond donors (Lipinski definition) is 0. The summed E-state index contributed by atoms with van der Waals surface area (Å²) in [6, 6.07) is 0. The van der Waals surface area contributed by atoms with Crippen LogP contribution >= 0.6 is 0 Å². The van der Waals surface area contributed by atoms with Crippen LogP contribution in [0.1, 0.15) is 380 Å². The van der Waals surface area contributed by atoms with Crippen LogP contribution in [0.5, 0.6) is 0 Å². The van der Waals surface area contributed by atoms with Crippen LogP contribution in [0.4, 0.5) is 0 Å². The van der Waals surface area contributed by atoms with E-state index in [1.807, 2.05) is 0 Å². The van der Waals surface area contributed by atoms with Gasteiger partial charge in [0, 0.05) is 19.3 Å². The van der Waals surface area contributed by atoms with Crippen LogP contribution in [0.3, 0.4) is 0 Å². The smallest absolute Gasteiger partial charge is 0.306 e. The summed E-state index contributed by atoms with van der Waals surface area (Å²) in [5, 5.41) is 0. The molecule has 0 saturated carbocycles. The molecule has 0 spiro atoms. The van der Waals surface area contributed by atoms with Crippen molar-refractivity contribution in [3.63, 3.8) is 0 Å². The summed E-state index contributed by atoms with van der Waals surface area (Å²) in [7, 11) is 0. The maximum absolute atomic E-state index is 12.8. The highest BCUT2D eigenvalue weighted by molar-refractivity contribution is 5.71. The first kappa shape index (κ1) is 72.9. The minimum Gasteiger partial charge on any atom is -0.462 e. The maximum Gasteiger partial charge on any atom is 0.306 e. The molecule has 0 N–H and O–H groups in total. The highest BCUT2D eigenvalue weighted by Gasteiger charge is 2.19. The number of unbranched alkanes of at least 4 members (excludes halogenated alkanes) is 48. The van der Waals surface area contributed by atoms with Crippen molar-refractivity contribution in [2.75, 3.05) is 13.2 Å². The predicted molar refractivity (Wildman–Crippen MR) is 326 cm³/mol. The second kappa shape index (κ2) is 64.4. The molecule has 0 aromatic rings. The molecule has 0 amide bonds. The molecule has 6 nitrogen and oxygen atoms in total. The van der Waals surface area contributed by atoms with E-state index in [2.05, 4.69) is 45.1 Å². The fraction of sp³-hybridized carbons (Fsp3) is 0.899. The molecule has 0 rings (SSSR count). The SMILES string of the molecule is CCCCC/C=C\C/C=C\CCCCCCCC(=O)OC(COC(=O)CCCCCCCCCC)COC(=O)CCCCCCCCCCCCCCCCCCCCCCCCCCCCCCCCCCCC. The fourth-order valence-corrected chi connectivity index (χ4v) is 10.4. The van der Waals surface area contributed by atoms with Gasteiger partial charge in [0.25, 0.3) is 0 Å². The lowest BCUT2D eigenvalue weighted by Gasteiger charge is -2.18. The van der Waals surface area contributed by atoms with E-state index < -0.39 is 6.10 Å². The molecule has 0 aliphatic carbocycles. The van der Waals surface area contributed by atoms with E-state index in [0.29, 0.717) is 19.3 Å². The lowest BCUT2D eigenvalue weighted by atomic mass is 10.0. The monoisotopic (exact) mass is 1050 g/mol. The molecule has 0 aromatic heterocycles. The lowest BCUT2D eigenvalue weighted by molar-refractivity contribution is -0.167. The van der Waals surface area contributed by atoms with Crippen molar-refractivity contribution in [1.29, 1.82) is 0 Å². The highest BCUT2D eigenvalue weighted by atomic mass is 16.6. The molecular weight excluding hydrogens is 925 g/mol. The van der Waals surface area contributed by atoms with Crippen molar-refractivity contribution >= 4 is 17.9 Å². The van der Waals surface area contributed by atoms with Crippen LogP contribution in [0.2, 0.25) is 0 Å². The van der Waals surface area contributed by atoms with Gasteiger partial charge >= 0.3 is 17.9 Å². The summed E-state index contributed by atoms with van der Waals surface area (Å²) in [4.78, 5) is 38.1. The van der Waals surface area contributed by atoms with Gasteiger partial charge < -0.3 is 14.2 Å². The Kier molecular flexibility index (Phi) is 62.6. The normalized spacial score (nSPS) is 12.1.